The second-order valence-electron chi connectivity index (χ2n) is 10.2. The molecule has 0 heterocycles. The van der Waals surface area contributed by atoms with Crippen LogP contribution in [0.5, 0.6) is 11.5 Å². The van der Waals surface area contributed by atoms with Crippen LogP contribution in [0.15, 0.2) is 71.6 Å². The fraction of sp³-hybridized carbons (Fsp3) is 0.379. The molecule has 45 heavy (non-hydrogen) atoms. The quantitative estimate of drug-likeness (QED) is 0.168. The number of alkyl halides is 9. The Morgan fingerprint density at radius 3 is 1.82 bits per heavy atom. The Morgan fingerprint density at radius 1 is 0.778 bits per heavy atom. The van der Waals surface area contributed by atoms with E-state index in [4.69, 9.17) is 4.74 Å². The fourth-order valence-corrected chi connectivity index (χ4v) is 7.71. The van der Waals surface area contributed by atoms with Gasteiger partial charge in [0.1, 0.15) is 22.1 Å². The van der Waals surface area contributed by atoms with Crippen LogP contribution in [-0.4, -0.2) is 34.2 Å². The molecule has 1 saturated carbocycles. The Hall–Kier alpha value is -3.53. The summed E-state index contributed by atoms with van der Waals surface area (Å²) in [5.74, 6) is -2.04. The van der Waals surface area contributed by atoms with Crippen LogP contribution in [0.2, 0.25) is 0 Å². The molecule has 0 N–H and O–H groups in total. The minimum atomic E-state index is -6.16. The fourth-order valence-electron chi connectivity index (χ4n) is 5.49. The lowest BCUT2D eigenvalue weighted by atomic mass is 9.88. The number of hydrogen-bond donors (Lipinski definition) is 0. The van der Waals surface area contributed by atoms with Crippen molar-refractivity contribution in [3.05, 3.63) is 89.2 Å². The Kier molecular flexibility index (Phi) is 9.16. The maximum absolute atomic E-state index is 14.5. The molecule has 0 amide bonds. The van der Waals surface area contributed by atoms with Crippen molar-refractivity contribution in [1.82, 2.24) is 0 Å². The summed E-state index contributed by atoms with van der Waals surface area (Å²) in [5, 5.41) is 0. The number of ether oxygens (including phenoxy) is 3. The summed E-state index contributed by atoms with van der Waals surface area (Å²) in [6, 6.07) is 8.58. The number of sulfone groups is 1. The van der Waals surface area contributed by atoms with Gasteiger partial charge in [0, 0.05) is 11.1 Å². The van der Waals surface area contributed by atoms with Gasteiger partial charge in [-0.2, -0.15) is 26.3 Å². The van der Waals surface area contributed by atoms with Crippen molar-refractivity contribution in [2.75, 3.05) is 7.11 Å². The molecule has 5 nitrogen and oxygen atoms in total. The molecule has 0 aliphatic heterocycles. The molecule has 1 aliphatic rings. The molecule has 246 valence electrons. The molecule has 1 aliphatic carbocycles. The van der Waals surface area contributed by atoms with Gasteiger partial charge in [0.2, 0.25) is 0 Å². The average Bonchev–Trinajstić information content (AvgIpc) is 3.44. The first-order chi connectivity index (χ1) is 20.8. The van der Waals surface area contributed by atoms with Crippen molar-refractivity contribution in [1.29, 1.82) is 0 Å². The zero-order valence-corrected chi connectivity index (χ0v) is 23.9. The van der Waals surface area contributed by atoms with E-state index >= 15 is 0 Å². The molecule has 0 unspecified atom stereocenters. The van der Waals surface area contributed by atoms with Crippen LogP contribution in [0.3, 0.4) is 0 Å². The average molecular weight is 675 g/mol. The maximum atomic E-state index is 14.5. The zero-order chi connectivity index (χ0) is 33.5. The molecule has 0 radical (unpaired) electrons. The van der Waals surface area contributed by atoms with E-state index in [2.05, 4.69) is 9.47 Å². The van der Waals surface area contributed by atoms with E-state index in [-0.39, 0.29) is 29.1 Å². The van der Waals surface area contributed by atoms with Gasteiger partial charge >= 0.3 is 18.7 Å². The standard InChI is InChI=1S/C29H24F10O5S/c1-42-24-13-10-22(44-29(37,38)39)16-18(24)17-43-26(27(31,32)33,28(34,35)36)20-6-4-19(5-7-20)25(14-2-3-15-25)45(40,41)23-11-8-21(30)9-12-23/h4-13,16H,2-3,14-15,17H2,1H3. The minimum Gasteiger partial charge on any atom is -0.496 e. The SMILES string of the molecule is COc1ccc(OC(F)(F)F)cc1COC(c1ccc(C2(S(=O)(=O)c3ccc(F)cc3)CCCC2)cc1)(C(F)(F)F)C(F)(F)F. The number of rotatable bonds is 9. The molecule has 16 heteroatoms. The van der Waals surface area contributed by atoms with Crippen molar-refractivity contribution >= 4 is 9.84 Å². The van der Waals surface area contributed by atoms with E-state index in [0.717, 1.165) is 55.6 Å². The van der Waals surface area contributed by atoms with Crippen molar-refractivity contribution in [2.24, 2.45) is 0 Å². The molecule has 0 aromatic heterocycles. The Labute approximate surface area is 250 Å². The first-order valence-corrected chi connectivity index (χ1v) is 14.6. The molecule has 0 saturated heterocycles. The summed E-state index contributed by atoms with van der Waals surface area (Å²) in [5.41, 5.74) is -7.15. The summed E-state index contributed by atoms with van der Waals surface area (Å²) < 4.78 is 177. The molecule has 3 aromatic carbocycles. The summed E-state index contributed by atoms with van der Waals surface area (Å²) >= 11 is 0. The lowest BCUT2D eigenvalue weighted by Crippen LogP contribution is -2.55. The van der Waals surface area contributed by atoms with Gasteiger partial charge in [-0.25, -0.2) is 12.8 Å². The highest BCUT2D eigenvalue weighted by atomic mass is 32.2. The van der Waals surface area contributed by atoms with Crippen LogP contribution in [0.25, 0.3) is 0 Å². The molecule has 4 rings (SSSR count). The van der Waals surface area contributed by atoms with Crippen LogP contribution in [-0.2, 0) is 31.5 Å². The molecular weight excluding hydrogens is 650 g/mol. The molecule has 0 bridgehead atoms. The van der Waals surface area contributed by atoms with Crippen LogP contribution >= 0.6 is 0 Å². The van der Waals surface area contributed by atoms with Crippen LogP contribution in [0.4, 0.5) is 43.9 Å². The van der Waals surface area contributed by atoms with Gasteiger partial charge in [0.05, 0.1) is 18.6 Å². The highest BCUT2D eigenvalue weighted by Gasteiger charge is 2.73. The third-order valence-corrected chi connectivity index (χ3v) is 10.2. The van der Waals surface area contributed by atoms with Gasteiger partial charge in [-0.1, -0.05) is 37.1 Å². The van der Waals surface area contributed by atoms with E-state index in [9.17, 15) is 52.3 Å². The van der Waals surface area contributed by atoms with E-state index < -0.39 is 68.2 Å². The predicted octanol–water partition coefficient (Wildman–Crippen LogP) is 8.51. The smallest absolute Gasteiger partial charge is 0.496 e. The van der Waals surface area contributed by atoms with Crippen molar-refractivity contribution < 1.29 is 66.5 Å². The van der Waals surface area contributed by atoms with Gasteiger partial charge in [-0.05, 0) is 60.9 Å². The van der Waals surface area contributed by atoms with Crippen molar-refractivity contribution in [3.8, 4) is 11.5 Å². The third kappa shape index (κ3) is 6.44. The van der Waals surface area contributed by atoms with Gasteiger partial charge in [0.15, 0.2) is 9.84 Å². The Bertz CT molecular complexity index is 1580. The first-order valence-electron chi connectivity index (χ1n) is 13.1. The van der Waals surface area contributed by atoms with E-state index in [1.165, 1.54) is 0 Å². The van der Waals surface area contributed by atoms with E-state index in [1.54, 1.807) is 0 Å². The summed E-state index contributed by atoms with van der Waals surface area (Å²) in [6.45, 7) is -1.53. The van der Waals surface area contributed by atoms with Gasteiger partial charge in [-0.15, -0.1) is 13.2 Å². The highest BCUT2D eigenvalue weighted by Crippen LogP contribution is 2.55. The van der Waals surface area contributed by atoms with Crippen LogP contribution < -0.4 is 9.47 Å². The third-order valence-electron chi connectivity index (χ3n) is 7.60. The van der Waals surface area contributed by atoms with E-state index in [0.29, 0.717) is 31.0 Å². The lowest BCUT2D eigenvalue weighted by molar-refractivity contribution is -0.392. The van der Waals surface area contributed by atoms with Gasteiger partial charge < -0.3 is 14.2 Å². The summed E-state index contributed by atoms with van der Waals surface area (Å²) in [6.07, 6.45) is -16.8. The summed E-state index contributed by atoms with van der Waals surface area (Å²) in [4.78, 5) is -0.274. The largest absolute Gasteiger partial charge is 0.573 e. The monoisotopic (exact) mass is 674 g/mol. The number of hydrogen-bond acceptors (Lipinski definition) is 5. The normalized spacial score (nSPS) is 16.1. The van der Waals surface area contributed by atoms with Gasteiger partial charge in [-0.3, -0.25) is 0 Å². The van der Waals surface area contributed by atoms with Gasteiger partial charge in [0.25, 0.3) is 5.60 Å². The predicted molar refractivity (Wildman–Crippen MR) is 138 cm³/mol. The zero-order valence-electron chi connectivity index (χ0n) is 23.1. The van der Waals surface area contributed by atoms with Crippen molar-refractivity contribution in [2.45, 2.75) is 66.2 Å². The van der Waals surface area contributed by atoms with Crippen LogP contribution in [0.1, 0.15) is 42.4 Å². The van der Waals surface area contributed by atoms with Crippen molar-refractivity contribution in [3.63, 3.8) is 0 Å². The Morgan fingerprint density at radius 2 is 1.33 bits per heavy atom. The van der Waals surface area contributed by atoms with Crippen LogP contribution in [0, 0.1) is 5.82 Å². The first kappa shape index (κ1) is 34.3. The molecular formula is C29H24F10O5S. The molecule has 0 atom stereocenters. The topological polar surface area (TPSA) is 61.8 Å². The Balaban J connectivity index is 1.79. The molecule has 1 fully saturated rings. The second-order valence-corrected chi connectivity index (χ2v) is 12.5. The molecule has 0 spiro atoms. The number of methoxy groups -OCH3 is 1. The number of halogens is 10. The maximum Gasteiger partial charge on any atom is 0.573 e. The number of benzene rings is 3. The highest BCUT2D eigenvalue weighted by molar-refractivity contribution is 7.92. The van der Waals surface area contributed by atoms with E-state index in [1.807, 2.05) is 0 Å². The second kappa shape index (κ2) is 12.0. The summed E-state index contributed by atoms with van der Waals surface area (Å²) in [7, 11) is -3.31. The minimum absolute atomic E-state index is 0.00235. The lowest BCUT2D eigenvalue weighted by Gasteiger charge is -2.38. The molecule has 3 aromatic rings.